The van der Waals surface area contributed by atoms with E-state index in [1.807, 2.05) is 22.9 Å². The van der Waals surface area contributed by atoms with Crippen molar-refractivity contribution in [1.29, 1.82) is 0 Å². The first-order valence-electron chi connectivity index (χ1n) is 3.67. The molecule has 0 radical (unpaired) electrons. The zero-order valence-corrected chi connectivity index (χ0v) is 10.3. The molecule has 0 aliphatic heterocycles. The first-order valence-corrected chi connectivity index (χ1v) is 7.06. The summed E-state index contributed by atoms with van der Waals surface area (Å²) in [5.41, 5.74) is 0. The van der Waals surface area contributed by atoms with Crippen LogP contribution in [0.2, 0.25) is 0 Å². The van der Waals surface area contributed by atoms with Crippen LogP contribution in [-0.4, -0.2) is 0 Å². The van der Waals surface area contributed by atoms with Gasteiger partial charge in [0.1, 0.15) is 0 Å². The number of rotatable bonds is 3. The first-order chi connectivity index (χ1) is 6.83. The molecule has 2 heterocycles. The van der Waals surface area contributed by atoms with Gasteiger partial charge in [0.25, 0.3) is 0 Å². The Labute approximate surface area is 92.0 Å². The molecule has 0 saturated carbocycles. The third-order valence-corrected chi connectivity index (χ3v) is 4.97. The van der Waals surface area contributed by atoms with Gasteiger partial charge in [0.15, 0.2) is 16.9 Å². The van der Waals surface area contributed by atoms with Gasteiger partial charge < -0.3 is 0 Å². The maximum atomic E-state index is 10.6. The quantitative estimate of drug-likeness (QED) is 0.791. The van der Waals surface area contributed by atoms with Gasteiger partial charge in [-0.2, -0.15) is 0 Å². The van der Waals surface area contributed by atoms with Crippen LogP contribution in [0.4, 0.5) is 0 Å². The Morgan fingerprint density at radius 1 is 0.857 bits per heavy atom. The Morgan fingerprint density at radius 2 is 1.29 bits per heavy atom. The van der Waals surface area contributed by atoms with Gasteiger partial charge in [0, 0.05) is 20.5 Å². The fraction of sp³-hybridized carbons (Fsp3) is 0. The van der Waals surface area contributed by atoms with Crippen LogP contribution in [0.1, 0.15) is 0 Å². The highest BCUT2D eigenvalue weighted by Crippen LogP contribution is 2.29. The van der Waals surface area contributed by atoms with Crippen LogP contribution in [0.3, 0.4) is 0 Å². The largest absolute Gasteiger partial charge is 0.269 e. The molecule has 0 N–H and O–H groups in total. The van der Waals surface area contributed by atoms with Crippen LogP contribution >= 0.6 is 39.6 Å². The smallest absolute Gasteiger partial charge is 0.193 e. The molecule has 2 nitrogen and oxygen atoms in total. The molecule has 70 valence electrons. The van der Waals surface area contributed by atoms with Gasteiger partial charge in [0.2, 0.25) is 0 Å². The van der Waals surface area contributed by atoms with Gasteiger partial charge >= 0.3 is 0 Å². The van der Waals surface area contributed by atoms with Crippen LogP contribution in [-0.2, 0) is 9.13 Å². The molecular weight excluding hydrogens is 254 g/mol. The lowest BCUT2D eigenvalue weighted by atomic mass is 10.4. The minimum absolute atomic E-state index is 0.0514. The lowest BCUT2D eigenvalue weighted by molar-refractivity contribution is 0.602. The number of hydrogen-bond acceptors (Lipinski definition) is 4. The molecule has 0 amide bonds. The van der Waals surface area contributed by atoms with Crippen molar-refractivity contribution in [3.63, 3.8) is 0 Å². The molecule has 14 heavy (non-hydrogen) atoms. The summed E-state index contributed by atoms with van der Waals surface area (Å²) in [6, 6.07) is 3.77. The molecule has 0 saturated heterocycles. The van der Waals surface area contributed by atoms with Crippen molar-refractivity contribution in [2.24, 2.45) is 0 Å². The average Bonchev–Trinajstić information content (AvgIpc) is 2.86. The predicted molar refractivity (Wildman–Crippen MR) is 62.1 cm³/mol. The van der Waals surface area contributed by atoms with Gasteiger partial charge in [-0.25, -0.2) is 0 Å². The second-order valence-corrected chi connectivity index (χ2v) is 5.74. The van der Waals surface area contributed by atoms with Crippen molar-refractivity contribution in [2.45, 2.75) is 0 Å². The second-order valence-electron chi connectivity index (χ2n) is 2.52. The number of hydrogen-bond donors (Lipinski definition) is 0. The lowest BCUT2D eigenvalue weighted by Gasteiger charge is -1.85. The van der Waals surface area contributed by atoms with Gasteiger partial charge in [-0.1, -0.05) is 0 Å². The Hall–Kier alpha value is -0.400. The monoisotopic (exact) mass is 258 g/mol. The van der Waals surface area contributed by atoms with E-state index in [2.05, 4.69) is 0 Å². The highest BCUT2D eigenvalue weighted by Gasteiger charge is 2.05. The maximum Gasteiger partial charge on any atom is 0.193 e. The van der Waals surface area contributed by atoms with E-state index in [1.54, 1.807) is 22.7 Å². The van der Waals surface area contributed by atoms with E-state index >= 15 is 0 Å². The van der Waals surface area contributed by atoms with Crippen LogP contribution in [0.5, 0.6) is 0 Å². The van der Waals surface area contributed by atoms with E-state index < -0.39 is 0 Å². The molecule has 0 aliphatic rings. The summed E-state index contributed by atoms with van der Waals surface area (Å²) in [6.07, 6.45) is 0. The molecule has 0 atom stereocenters. The predicted octanol–water partition coefficient (Wildman–Crippen LogP) is 3.31. The Bertz CT molecular complexity index is 431. The fourth-order valence-corrected chi connectivity index (χ4v) is 3.87. The summed E-state index contributed by atoms with van der Waals surface area (Å²) in [5, 5.41) is 5.30. The Morgan fingerprint density at radius 3 is 1.57 bits per heavy atom. The van der Waals surface area contributed by atoms with Crippen LogP contribution in [0.25, 0.3) is 9.75 Å². The average molecular weight is 258 g/mol. The van der Waals surface area contributed by atoms with E-state index in [-0.39, 0.29) is 16.9 Å². The SMILES string of the molecule is O=Pc1csc(-c2cc(P=O)cs2)c1. The zero-order valence-electron chi connectivity index (χ0n) is 6.84. The molecule has 2 rings (SSSR count). The summed E-state index contributed by atoms with van der Waals surface area (Å²) in [5.74, 6) is 0. The Kier molecular flexibility index (Phi) is 3.19. The Balaban J connectivity index is 2.38. The van der Waals surface area contributed by atoms with Crippen LogP contribution < -0.4 is 10.6 Å². The van der Waals surface area contributed by atoms with E-state index in [9.17, 15) is 9.13 Å². The van der Waals surface area contributed by atoms with Gasteiger partial charge in [-0.15, -0.1) is 22.7 Å². The molecule has 2 aromatic rings. The highest BCUT2D eigenvalue weighted by molar-refractivity contribution is 7.37. The van der Waals surface area contributed by atoms with Crippen molar-refractivity contribution in [3.05, 3.63) is 22.9 Å². The van der Waals surface area contributed by atoms with Crippen LogP contribution in [0, 0.1) is 0 Å². The summed E-state index contributed by atoms with van der Waals surface area (Å²) in [7, 11) is 0.103. The zero-order chi connectivity index (χ0) is 9.97. The lowest BCUT2D eigenvalue weighted by Crippen LogP contribution is -1.80. The molecule has 0 spiro atoms. The van der Waals surface area contributed by atoms with Crippen molar-refractivity contribution in [3.8, 4) is 9.75 Å². The molecule has 0 unspecified atom stereocenters. The maximum absolute atomic E-state index is 10.6. The van der Waals surface area contributed by atoms with E-state index in [1.165, 1.54) is 0 Å². The van der Waals surface area contributed by atoms with E-state index in [0.717, 1.165) is 20.4 Å². The minimum atomic E-state index is 0.0514. The highest BCUT2D eigenvalue weighted by atomic mass is 32.1. The summed E-state index contributed by atoms with van der Waals surface area (Å²) in [6.45, 7) is 0. The van der Waals surface area contributed by atoms with Crippen molar-refractivity contribution in [2.75, 3.05) is 0 Å². The molecule has 6 heteroatoms. The van der Waals surface area contributed by atoms with E-state index in [4.69, 9.17) is 0 Å². The molecule has 0 bridgehead atoms. The molecule has 0 fully saturated rings. The summed E-state index contributed by atoms with van der Waals surface area (Å²) >= 11 is 3.10. The third kappa shape index (κ3) is 1.99. The minimum Gasteiger partial charge on any atom is -0.269 e. The first kappa shape index (κ1) is 10.1. The second kappa shape index (κ2) is 4.41. The fourth-order valence-electron chi connectivity index (χ4n) is 1.01. The van der Waals surface area contributed by atoms with Gasteiger partial charge in [0.05, 0.1) is 10.6 Å². The van der Waals surface area contributed by atoms with E-state index in [0.29, 0.717) is 0 Å². The molecule has 2 aromatic heterocycles. The van der Waals surface area contributed by atoms with Gasteiger partial charge in [-0.05, 0) is 12.1 Å². The van der Waals surface area contributed by atoms with Gasteiger partial charge in [-0.3, -0.25) is 9.13 Å². The topological polar surface area (TPSA) is 34.1 Å². The number of thiophene rings is 2. The van der Waals surface area contributed by atoms with Crippen molar-refractivity contribution < 1.29 is 9.13 Å². The summed E-state index contributed by atoms with van der Waals surface area (Å²) in [4.78, 5) is 2.14. The van der Waals surface area contributed by atoms with Crippen molar-refractivity contribution in [1.82, 2.24) is 0 Å². The van der Waals surface area contributed by atoms with Crippen LogP contribution in [0.15, 0.2) is 22.9 Å². The third-order valence-electron chi connectivity index (χ3n) is 1.62. The molecular formula is C8H4O2P2S2. The molecule has 0 aromatic carbocycles. The molecule has 0 aliphatic carbocycles. The standard InChI is InChI=1S/C8H4O2P2S2/c9-11-5-1-7(13-3-5)8-2-6(12-10)4-14-8/h1-4H. The van der Waals surface area contributed by atoms with Crippen molar-refractivity contribution >= 4 is 50.2 Å². The summed E-state index contributed by atoms with van der Waals surface area (Å²) < 4.78 is 21.1. The normalized spacial score (nSPS) is 11.1.